The highest BCUT2D eigenvalue weighted by Gasteiger charge is 2.12. The van der Waals surface area contributed by atoms with Gasteiger partial charge in [0.2, 0.25) is 0 Å². The molecule has 0 saturated heterocycles. The first-order chi connectivity index (χ1) is 7.22. The van der Waals surface area contributed by atoms with Gasteiger partial charge in [-0.15, -0.1) is 0 Å². The number of hydrogen-bond acceptors (Lipinski definition) is 4. The van der Waals surface area contributed by atoms with E-state index in [-0.39, 0.29) is 6.61 Å². The summed E-state index contributed by atoms with van der Waals surface area (Å²) in [5.74, 6) is -0.117. The third kappa shape index (κ3) is 1.73. The summed E-state index contributed by atoms with van der Waals surface area (Å²) in [4.78, 5) is 3.81. The lowest BCUT2D eigenvalue weighted by Gasteiger charge is -1.99. The Kier molecular flexibility index (Phi) is 2.47. The molecule has 2 rings (SSSR count). The molecule has 2 aromatic heterocycles. The third-order valence-corrected chi connectivity index (χ3v) is 2.05. The molecule has 2 aromatic rings. The molecular weight excluding hydrogens is 199 g/mol. The zero-order valence-electron chi connectivity index (χ0n) is 8.07. The molecule has 0 unspecified atom stereocenters. The van der Waals surface area contributed by atoms with Crippen molar-refractivity contribution in [1.82, 2.24) is 10.1 Å². The Hall–Kier alpha value is -1.75. The SMILES string of the molecule is Cc1nccc(-c2cc(CO)on2)c1F. The molecular formula is C10H9FN2O2. The molecule has 0 amide bonds. The van der Waals surface area contributed by atoms with Crippen LogP contribution in [0, 0.1) is 12.7 Å². The number of pyridine rings is 1. The van der Waals surface area contributed by atoms with E-state index in [4.69, 9.17) is 9.63 Å². The van der Waals surface area contributed by atoms with Gasteiger partial charge in [-0.25, -0.2) is 4.39 Å². The van der Waals surface area contributed by atoms with Crippen molar-refractivity contribution in [2.45, 2.75) is 13.5 Å². The van der Waals surface area contributed by atoms with Gasteiger partial charge >= 0.3 is 0 Å². The van der Waals surface area contributed by atoms with Crippen LogP contribution in [0.25, 0.3) is 11.3 Å². The van der Waals surface area contributed by atoms with Gasteiger partial charge in [0, 0.05) is 17.8 Å². The minimum Gasteiger partial charge on any atom is -0.388 e. The molecule has 0 radical (unpaired) electrons. The largest absolute Gasteiger partial charge is 0.388 e. The minimum atomic E-state index is -0.421. The van der Waals surface area contributed by atoms with Crippen LogP contribution in [0.5, 0.6) is 0 Å². The van der Waals surface area contributed by atoms with Crippen LogP contribution in [-0.4, -0.2) is 15.2 Å². The molecule has 5 heteroatoms. The molecule has 0 atom stereocenters. The van der Waals surface area contributed by atoms with Gasteiger partial charge in [0.15, 0.2) is 11.6 Å². The van der Waals surface area contributed by atoms with Crippen LogP contribution in [0.3, 0.4) is 0 Å². The first-order valence-corrected chi connectivity index (χ1v) is 4.40. The van der Waals surface area contributed by atoms with Crippen molar-refractivity contribution < 1.29 is 14.0 Å². The van der Waals surface area contributed by atoms with Crippen molar-refractivity contribution in [1.29, 1.82) is 0 Å². The third-order valence-electron chi connectivity index (χ3n) is 2.05. The lowest BCUT2D eigenvalue weighted by molar-refractivity contribution is 0.229. The molecule has 15 heavy (non-hydrogen) atoms. The Morgan fingerprint density at radius 3 is 3.00 bits per heavy atom. The van der Waals surface area contributed by atoms with E-state index in [0.717, 1.165) is 0 Å². The second-order valence-corrected chi connectivity index (χ2v) is 3.09. The fourth-order valence-corrected chi connectivity index (χ4v) is 1.26. The fourth-order valence-electron chi connectivity index (χ4n) is 1.26. The van der Waals surface area contributed by atoms with Crippen molar-refractivity contribution in [2.24, 2.45) is 0 Å². The average Bonchev–Trinajstić information content (AvgIpc) is 2.70. The maximum atomic E-state index is 13.6. The molecule has 0 spiro atoms. The summed E-state index contributed by atoms with van der Waals surface area (Å²) in [5, 5.41) is 12.4. The Morgan fingerprint density at radius 2 is 2.33 bits per heavy atom. The van der Waals surface area contributed by atoms with Crippen LogP contribution < -0.4 is 0 Å². The summed E-state index contributed by atoms with van der Waals surface area (Å²) in [6.07, 6.45) is 1.50. The molecule has 0 saturated carbocycles. The first-order valence-electron chi connectivity index (χ1n) is 4.40. The Morgan fingerprint density at radius 1 is 1.53 bits per heavy atom. The number of aliphatic hydroxyl groups excluding tert-OH is 1. The van der Waals surface area contributed by atoms with E-state index in [1.165, 1.54) is 18.3 Å². The molecule has 0 aromatic carbocycles. The summed E-state index contributed by atoms with van der Waals surface area (Å²) < 4.78 is 18.4. The van der Waals surface area contributed by atoms with Gasteiger partial charge in [0.05, 0.1) is 5.69 Å². The summed E-state index contributed by atoms with van der Waals surface area (Å²) in [6, 6.07) is 3.01. The molecule has 0 aliphatic carbocycles. The summed E-state index contributed by atoms with van der Waals surface area (Å²) in [7, 11) is 0. The summed E-state index contributed by atoms with van der Waals surface area (Å²) >= 11 is 0. The quantitative estimate of drug-likeness (QED) is 0.815. The number of halogens is 1. The molecule has 78 valence electrons. The topological polar surface area (TPSA) is 59.2 Å². The zero-order chi connectivity index (χ0) is 10.8. The van der Waals surface area contributed by atoms with E-state index >= 15 is 0 Å². The minimum absolute atomic E-state index is 0.251. The second-order valence-electron chi connectivity index (χ2n) is 3.09. The summed E-state index contributed by atoms with van der Waals surface area (Å²) in [5.41, 5.74) is 0.994. The van der Waals surface area contributed by atoms with Gasteiger partial charge < -0.3 is 9.63 Å². The molecule has 0 fully saturated rings. The molecule has 0 bridgehead atoms. The number of nitrogens with zero attached hydrogens (tertiary/aromatic N) is 2. The second kappa shape index (κ2) is 3.78. The van der Waals surface area contributed by atoms with Crippen molar-refractivity contribution in [3.63, 3.8) is 0 Å². The maximum Gasteiger partial charge on any atom is 0.162 e. The normalized spacial score (nSPS) is 10.6. The van der Waals surface area contributed by atoms with Crippen molar-refractivity contribution >= 4 is 0 Å². The Bertz CT molecular complexity index is 482. The molecule has 2 heterocycles. The standard InChI is InChI=1S/C10H9FN2O2/c1-6-10(11)8(2-3-12-6)9-4-7(5-14)15-13-9/h2-4,14H,5H2,1H3. The van der Waals surface area contributed by atoms with E-state index in [0.29, 0.717) is 22.7 Å². The molecule has 0 aliphatic heterocycles. The van der Waals surface area contributed by atoms with Crippen LogP contribution in [0.4, 0.5) is 4.39 Å². The highest BCUT2D eigenvalue weighted by atomic mass is 19.1. The predicted octanol–water partition coefficient (Wildman–Crippen LogP) is 1.68. The van der Waals surface area contributed by atoms with Gasteiger partial charge in [0.1, 0.15) is 12.3 Å². The maximum absolute atomic E-state index is 13.6. The Balaban J connectivity index is 2.49. The number of rotatable bonds is 2. The first kappa shape index (κ1) is 9.79. The van der Waals surface area contributed by atoms with Crippen molar-refractivity contribution in [2.75, 3.05) is 0 Å². The predicted molar refractivity (Wildman–Crippen MR) is 50.4 cm³/mol. The highest BCUT2D eigenvalue weighted by Crippen LogP contribution is 2.23. The van der Waals surface area contributed by atoms with Gasteiger partial charge in [-0.05, 0) is 13.0 Å². The lowest BCUT2D eigenvalue weighted by Crippen LogP contribution is -1.91. The van der Waals surface area contributed by atoms with Gasteiger partial charge in [-0.2, -0.15) is 0 Å². The molecule has 0 aliphatic rings. The smallest absolute Gasteiger partial charge is 0.162 e. The van der Waals surface area contributed by atoms with E-state index in [2.05, 4.69) is 10.1 Å². The molecule has 1 N–H and O–H groups in total. The molecule has 4 nitrogen and oxygen atoms in total. The van der Waals surface area contributed by atoms with Crippen molar-refractivity contribution in [3.8, 4) is 11.3 Å². The van der Waals surface area contributed by atoms with Crippen LogP contribution in [0.1, 0.15) is 11.5 Å². The monoisotopic (exact) mass is 208 g/mol. The highest BCUT2D eigenvalue weighted by molar-refractivity contribution is 5.59. The lowest BCUT2D eigenvalue weighted by atomic mass is 10.1. The van der Waals surface area contributed by atoms with Gasteiger partial charge in [-0.1, -0.05) is 5.16 Å². The summed E-state index contributed by atoms with van der Waals surface area (Å²) in [6.45, 7) is 1.32. The average molecular weight is 208 g/mol. The van der Waals surface area contributed by atoms with E-state index in [9.17, 15) is 4.39 Å². The number of hydrogen-bond donors (Lipinski definition) is 1. The van der Waals surface area contributed by atoms with Gasteiger partial charge in [0.25, 0.3) is 0 Å². The van der Waals surface area contributed by atoms with Crippen molar-refractivity contribution in [3.05, 3.63) is 35.6 Å². The fraction of sp³-hybridized carbons (Fsp3) is 0.200. The van der Waals surface area contributed by atoms with Crippen LogP contribution >= 0.6 is 0 Å². The van der Waals surface area contributed by atoms with E-state index in [1.807, 2.05) is 0 Å². The van der Waals surface area contributed by atoms with Gasteiger partial charge in [-0.3, -0.25) is 4.98 Å². The van der Waals surface area contributed by atoms with E-state index < -0.39 is 5.82 Å². The number of aryl methyl sites for hydroxylation is 1. The zero-order valence-corrected chi connectivity index (χ0v) is 8.07. The Labute approximate surface area is 85.4 Å². The van der Waals surface area contributed by atoms with Crippen LogP contribution in [0.2, 0.25) is 0 Å². The van der Waals surface area contributed by atoms with Crippen LogP contribution in [0.15, 0.2) is 22.9 Å². The van der Waals surface area contributed by atoms with Crippen LogP contribution in [-0.2, 0) is 6.61 Å². The van der Waals surface area contributed by atoms with E-state index in [1.54, 1.807) is 6.92 Å². The number of aromatic nitrogens is 2. The number of aliphatic hydroxyl groups is 1.